The van der Waals surface area contributed by atoms with Crippen LogP contribution in [0.5, 0.6) is 0 Å². The lowest BCUT2D eigenvalue weighted by atomic mass is 10.0. The van der Waals surface area contributed by atoms with Crippen LogP contribution in [0.2, 0.25) is 0 Å². The van der Waals surface area contributed by atoms with Crippen molar-refractivity contribution in [1.29, 1.82) is 0 Å². The minimum Gasteiger partial charge on any atom is -0.455 e. The Morgan fingerprint density at radius 1 is 0.308 bits per heavy atom. The van der Waals surface area contributed by atoms with Gasteiger partial charge in [0.15, 0.2) is 5.58 Å². The Morgan fingerprint density at radius 3 is 1.42 bits per heavy atom. The van der Waals surface area contributed by atoms with Crippen molar-refractivity contribution in [2.24, 2.45) is 0 Å². The minimum absolute atomic E-state index is 0.818. The summed E-state index contributed by atoms with van der Waals surface area (Å²) in [5, 5.41) is 8.85. The molecule has 5 nitrogen and oxygen atoms in total. The van der Waals surface area contributed by atoms with Crippen LogP contribution in [0.15, 0.2) is 232 Å². The lowest BCUT2D eigenvalue weighted by molar-refractivity contribution is 0.669. The molecule has 304 valence electrons. The van der Waals surface area contributed by atoms with Gasteiger partial charge in [0.1, 0.15) is 27.9 Å². The van der Waals surface area contributed by atoms with E-state index in [-0.39, 0.29) is 0 Å². The van der Waals surface area contributed by atoms with Gasteiger partial charge in [0.25, 0.3) is 0 Å². The molecule has 0 bridgehead atoms. The highest BCUT2D eigenvalue weighted by Gasteiger charge is 2.24. The third kappa shape index (κ3) is 5.33. The van der Waals surface area contributed by atoms with E-state index in [4.69, 9.17) is 13.3 Å². The molecule has 0 fully saturated rings. The van der Waals surface area contributed by atoms with Crippen LogP contribution in [0.4, 0.5) is 17.1 Å². The summed E-state index contributed by atoms with van der Waals surface area (Å²) in [5.74, 6) is 0. The van der Waals surface area contributed by atoms with Gasteiger partial charge in [-0.15, -0.1) is 0 Å². The van der Waals surface area contributed by atoms with E-state index in [9.17, 15) is 0 Å². The van der Waals surface area contributed by atoms with Crippen LogP contribution in [0, 0.1) is 0 Å². The molecule has 10 aromatic carbocycles. The zero-order valence-electron chi connectivity index (χ0n) is 34.9. The third-order valence-corrected chi connectivity index (χ3v) is 13.2. The van der Waals surface area contributed by atoms with Crippen LogP contribution < -0.4 is 4.90 Å². The first kappa shape index (κ1) is 35.8. The van der Waals surface area contributed by atoms with Crippen molar-refractivity contribution in [3.63, 3.8) is 0 Å². The Labute approximate surface area is 372 Å². The first-order valence-electron chi connectivity index (χ1n) is 22.0. The predicted octanol–water partition coefficient (Wildman–Crippen LogP) is 17.3. The number of benzene rings is 10. The van der Waals surface area contributed by atoms with Gasteiger partial charge < -0.3 is 22.7 Å². The lowest BCUT2D eigenvalue weighted by Crippen LogP contribution is -2.10. The number of hydrogen-bond donors (Lipinski definition) is 0. The molecule has 65 heavy (non-hydrogen) atoms. The smallest absolute Gasteiger partial charge is 0.159 e. The summed E-state index contributed by atoms with van der Waals surface area (Å²) in [6, 6.07) is 77.0. The van der Waals surface area contributed by atoms with Gasteiger partial charge in [-0.25, -0.2) is 0 Å². The Hall–Kier alpha value is -8.80. The van der Waals surface area contributed by atoms with Gasteiger partial charge in [-0.1, -0.05) is 146 Å². The summed E-state index contributed by atoms with van der Waals surface area (Å²) in [6.07, 6.45) is 0. The largest absolute Gasteiger partial charge is 0.455 e. The minimum atomic E-state index is 0.818. The number of nitrogens with zero attached hydrogens (tertiary/aromatic N) is 2. The van der Waals surface area contributed by atoms with Crippen molar-refractivity contribution in [3.05, 3.63) is 218 Å². The Morgan fingerprint density at radius 2 is 0.800 bits per heavy atom. The molecular formula is C60H36N2O3. The Kier molecular flexibility index (Phi) is 7.62. The molecule has 0 unspecified atom stereocenters. The molecule has 0 radical (unpaired) electrons. The summed E-state index contributed by atoms with van der Waals surface area (Å²) in [6.45, 7) is 0. The summed E-state index contributed by atoms with van der Waals surface area (Å²) >= 11 is 0. The van der Waals surface area contributed by atoms with Gasteiger partial charge in [-0.3, -0.25) is 0 Å². The molecular weight excluding hydrogens is 797 g/mol. The summed E-state index contributed by atoms with van der Waals surface area (Å²) in [7, 11) is 0. The van der Waals surface area contributed by atoms with E-state index >= 15 is 0 Å². The molecule has 0 saturated heterocycles. The molecule has 5 heteroatoms. The van der Waals surface area contributed by atoms with E-state index < -0.39 is 0 Å². The molecule has 0 aliphatic carbocycles. The van der Waals surface area contributed by atoms with Crippen molar-refractivity contribution in [2.75, 3.05) is 4.90 Å². The molecule has 4 heterocycles. The zero-order chi connectivity index (χ0) is 42.6. The quantitative estimate of drug-likeness (QED) is 0.167. The Bertz CT molecular complexity index is 4010. The highest BCUT2D eigenvalue weighted by molar-refractivity contribution is 6.25. The van der Waals surface area contributed by atoms with E-state index in [0.29, 0.717) is 0 Å². The topological polar surface area (TPSA) is 47.6 Å². The van der Waals surface area contributed by atoms with Crippen molar-refractivity contribution in [2.45, 2.75) is 0 Å². The third-order valence-electron chi connectivity index (χ3n) is 13.2. The fraction of sp³-hybridized carbons (Fsp3) is 0. The van der Waals surface area contributed by atoms with Crippen LogP contribution in [0.25, 0.3) is 116 Å². The van der Waals surface area contributed by atoms with Crippen LogP contribution in [0.1, 0.15) is 0 Å². The summed E-state index contributed by atoms with van der Waals surface area (Å²) in [4.78, 5) is 2.31. The molecule has 0 atom stereocenters. The van der Waals surface area contributed by atoms with Gasteiger partial charge in [0.2, 0.25) is 0 Å². The van der Waals surface area contributed by atoms with Gasteiger partial charge in [0.05, 0.1) is 22.1 Å². The maximum atomic E-state index is 7.24. The normalized spacial score (nSPS) is 12.0. The van der Waals surface area contributed by atoms with Crippen molar-refractivity contribution < 1.29 is 13.3 Å². The Balaban J connectivity index is 0.961. The molecule has 0 spiro atoms. The molecule has 14 aromatic rings. The van der Waals surface area contributed by atoms with Crippen molar-refractivity contribution in [3.8, 4) is 27.9 Å². The fourth-order valence-electron chi connectivity index (χ4n) is 10.3. The van der Waals surface area contributed by atoms with Crippen LogP contribution in [-0.2, 0) is 0 Å². The zero-order valence-corrected chi connectivity index (χ0v) is 34.9. The average molecular weight is 833 g/mol. The molecule has 0 amide bonds. The SMILES string of the molecule is c1ccc(-n2c3ccccc3c3c4oc5c(N(c6ccc(-c7cccc8c7oc7ccccc78)cc6)c6ccc(-c7cccc8c7oc7ccccc78)cc6)cccc5c4ccc32)cc1. The van der Waals surface area contributed by atoms with Gasteiger partial charge in [-0.2, -0.15) is 0 Å². The monoisotopic (exact) mass is 832 g/mol. The van der Waals surface area contributed by atoms with E-state index in [0.717, 1.165) is 133 Å². The van der Waals surface area contributed by atoms with Gasteiger partial charge >= 0.3 is 0 Å². The molecule has 0 N–H and O–H groups in total. The number of aromatic nitrogens is 1. The van der Waals surface area contributed by atoms with E-state index in [1.165, 1.54) is 0 Å². The summed E-state index contributed by atoms with van der Waals surface area (Å²) < 4.78 is 22.5. The van der Waals surface area contributed by atoms with Crippen molar-refractivity contribution in [1.82, 2.24) is 4.57 Å². The second-order valence-corrected chi connectivity index (χ2v) is 16.8. The second-order valence-electron chi connectivity index (χ2n) is 16.8. The summed E-state index contributed by atoms with van der Waals surface area (Å²) in [5.41, 5.74) is 15.8. The maximum absolute atomic E-state index is 7.24. The molecule has 4 aromatic heterocycles. The first-order chi connectivity index (χ1) is 32.2. The highest BCUT2D eigenvalue weighted by Crippen LogP contribution is 2.47. The maximum Gasteiger partial charge on any atom is 0.159 e. The van der Waals surface area contributed by atoms with E-state index in [1.54, 1.807) is 0 Å². The fourth-order valence-corrected chi connectivity index (χ4v) is 10.3. The molecule has 0 aliphatic heterocycles. The highest BCUT2D eigenvalue weighted by atomic mass is 16.3. The molecule has 0 saturated carbocycles. The molecule has 0 aliphatic rings. The van der Waals surface area contributed by atoms with Crippen LogP contribution >= 0.6 is 0 Å². The average Bonchev–Trinajstić information content (AvgIpc) is 4.14. The first-order valence-corrected chi connectivity index (χ1v) is 22.0. The van der Waals surface area contributed by atoms with Gasteiger partial charge in [-0.05, 0) is 83.9 Å². The number of fused-ring (bicyclic) bond motifs is 13. The number of hydrogen-bond acceptors (Lipinski definition) is 4. The standard InChI is InChI=1S/C60H36N2O3/c1-2-13-39(14-3-1)62-51-23-7-4-17-50(51)56-52(62)36-35-49-48-22-12-24-53(59(48)65-60(49)56)61(40-31-27-37(28-32-40)42-18-10-20-46-44-15-5-8-25-54(44)63-57(42)46)41-33-29-38(30-34-41)43-19-11-21-47-45-16-6-9-26-55(45)64-58(43)47/h1-36H. The van der Waals surface area contributed by atoms with Crippen LogP contribution in [0.3, 0.4) is 0 Å². The number of anilines is 3. The van der Waals surface area contributed by atoms with E-state index in [2.05, 4.69) is 204 Å². The lowest BCUT2D eigenvalue weighted by Gasteiger charge is -2.26. The second kappa shape index (κ2) is 13.9. The van der Waals surface area contributed by atoms with Gasteiger partial charge in [0, 0.05) is 65.9 Å². The van der Waals surface area contributed by atoms with E-state index in [1.807, 2.05) is 24.3 Å². The number of rotatable bonds is 6. The number of furan rings is 3. The molecule has 14 rings (SSSR count). The van der Waals surface area contributed by atoms with Crippen molar-refractivity contribution >= 4 is 105 Å². The number of para-hydroxylation sites is 7. The predicted molar refractivity (Wildman–Crippen MR) is 268 cm³/mol. The van der Waals surface area contributed by atoms with Crippen LogP contribution in [-0.4, -0.2) is 4.57 Å².